The molecule has 92 heavy (non-hydrogen) atoms. The van der Waals surface area contributed by atoms with Crippen LogP contribution in [-0.2, 0) is 46.1 Å². The van der Waals surface area contributed by atoms with E-state index in [9.17, 15) is 15.3 Å². The van der Waals surface area contributed by atoms with Crippen molar-refractivity contribution in [2.45, 2.75) is 155 Å². The van der Waals surface area contributed by atoms with Crippen LogP contribution in [0.3, 0.4) is 0 Å². The Morgan fingerprint density at radius 1 is 0.554 bits per heavy atom. The highest BCUT2D eigenvalue weighted by molar-refractivity contribution is 6.74. The fourth-order valence-electron chi connectivity index (χ4n) is 12.3. The predicted octanol–water partition coefficient (Wildman–Crippen LogP) is 14.8. The van der Waals surface area contributed by atoms with Crippen LogP contribution in [0.5, 0.6) is 12.0 Å². The number of aromatic nitrogens is 4. The zero-order valence-electron chi connectivity index (χ0n) is 56.0. The molecule has 2 saturated heterocycles. The fraction of sp³-hybridized carbons (Fsp3) is 0.493. The van der Waals surface area contributed by atoms with Gasteiger partial charge in [-0.25, -0.2) is 4.79 Å². The summed E-state index contributed by atoms with van der Waals surface area (Å²) in [5.74, 6) is 2.21. The molecular formula is C73H95N11O6Si2. The number of piperidine rings is 1. The summed E-state index contributed by atoms with van der Waals surface area (Å²) in [7, 11) is -3.63. The normalized spacial score (nSPS) is 17.1. The van der Waals surface area contributed by atoms with E-state index in [4.69, 9.17) is 43.0 Å². The molecular weight excluding hydrogens is 1180 g/mol. The van der Waals surface area contributed by atoms with E-state index < -0.39 is 22.7 Å². The number of ether oxygens (including phenoxy) is 3. The zero-order chi connectivity index (χ0) is 65.0. The highest BCUT2D eigenvalue weighted by atomic mass is 28.4. The highest BCUT2D eigenvalue weighted by Gasteiger charge is 2.39. The Bertz CT molecular complexity index is 3720. The van der Waals surface area contributed by atoms with Crippen molar-refractivity contribution in [3.63, 3.8) is 0 Å². The lowest BCUT2D eigenvalue weighted by Gasteiger charge is -2.42. The first-order valence-electron chi connectivity index (χ1n) is 33.2. The van der Waals surface area contributed by atoms with E-state index in [2.05, 4.69) is 184 Å². The van der Waals surface area contributed by atoms with E-state index in [-0.39, 0.29) is 29.1 Å². The number of hydrogen-bond acceptors (Lipinski definition) is 16. The molecule has 2 aromatic heterocycles. The van der Waals surface area contributed by atoms with Gasteiger partial charge >= 0.3 is 18.1 Å². The molecule has 0 radical (unpaired) electrons. The van der Waals surface area contributed by atoms with Gasteiger partial charge in [0.2, 0.25) is 0 Å². The molecule has 4 aliphatic rings. The molecule has 7 aromatic rings. The van der Waals surface area contributed by atoms with Gasteiger partial charge in [-0.1, -0.05) is 145 Å². The van der Waals surface area contributed by atoms with Gasteiger partial charge in [-0.15, -0.1) is 0 Å². The van der Waals surface area contributed by atoms with Crippen LogP contribution in [0.2, 0.25) is 36.3 Å². The van der Waals surface area contributed by atoms with Crippen LogP contribution in [-0.4, -0.2) is 126 Å². The number of anilines is 4. The smallest absolute Gasteiger partial charge is 0.410 e. The van der Waals surface area contributed by atoms with Crippen molar-refractivity contribution in [2.24, 2.45) is 5.92 Å². The molecule has 0 spiro atoms. The van der Waals surface area contributed by atoms with Crippen molar-refractivity contribution >= 4 is 67.3 Å². The molecule has 6 heterocycles. The predicted molar refractivity (Wildman–Crippen MR) is 373 cm³/mol. The van der Waals surface area contributed by atoms with Gasteiger partial charge in [-0.05, 0) is 96.3 Å². The standard InChI is InChI=1S/C40H50N6O4Si.C33H45N5O2Si/c1-40(2,3)51(4,5)50-26-12-25-48-38-42-35-28-44(36-18-11-16-31-15-9-10-17-33(31)36)22-20-34(35)37(43-38)45-23-24-46(32(27-45)19-21-41)39(47)49-29-30-13-7-6-8-14-30;1-33(2,3)41(4,5)40-22-10-21-39-32-35-29-24-37(30-15-8-13-26-12-6-7-14-27(26)30)20-17-28(29)31(36-32)38-19-9-11-25(23-38)16-18-34/h6-11,13-18,32H,12,19-20,22-29H2,1-5H3;6-8,12-15,25H,9-11,16-17,19-24H2,1-5H3. The van der Waals surface area contributed by atoms with Gasteiger partial charge in [0, 0.05) is 112 Å². The molecule has 0 bridgehead atoms. The molecule has 2 atom stereocenters. The van der Waals surface area contributed by atoms with Crippen molar-refractivity contribution in [2.75, 3.05) is 91.8 Å². The third kappa shape index (κ3) is 16.3. The van der Waals surface area contributed by atoms with Crippen molar-refractivity contribution in [1.82, 2.24) is 24.8 Å². The summed E-state index contributed by atoms with van der Waals surface area (Å²) in [5, 5.41) is 24.4. The third-order valence-corrected chi connectivity index (χ3v) is 28.7. The summed E-state index contributed by atoms with van der Waals surface area (Å²) in [4.78, 5) is 44.3. The van der Waals surface area contributed by atoms with Gasteiger partial charge in [-0.3, -0.25) is 0 Å². The minimum atomic E-state index is -1.85. The Labute approximate surface area is 547 Å². The second-order valence-electron chi connectivity index (χ2n) is 28.0. The number of carbonyl (C=O) groups is 1. The van der Waals surface area contributed by atoms with E-state index in [0.29, 0.717) is 77.0 Å². The lowest BCUT2D eigenvalue weighted by atomic mass is 9.94. The molecule has 11 rings (SSSR count). The maximum absolute atomic E-state index is 13.3. The molecule has 17 nitrogen and oxygen atoms in total. The van der Waals surface area contributed by atoms with Crippen molar-refractivity contribution in [3.05, 3.63) is 143 Å². The summed E-state index contributed by atoms with van der Waals surface area (Å²) in [5.41, 5.74) is 7.65. The molecule has 2 unspecified atom stereocenters. The number of amides is 1. The maximum atomic E-state index is 13.3. The van der Waals surface area contributed by atoms with Crippen LogP contribution in [0, 0.1) is 28.6 Å². The monoisotopic (exact) mass is 1280 g/mol. The van der Waals surface area contributed by atoms with Crippen LogP contribution >= 0.6 is 0 Å². The van der Waals surface area contributed by atoms with Gasteiger partial charge in [0.25, 0.3) is 0 Å². The van der Waals surface area contributed by atoms with Gasteiger partial charge in [0.05, 0.1) is 62.3 Å². The minimum absolute atomic E-state index is 0.145. The van der Waals surface area contributed by atoms with Gasteiger partial charge in [-0.2, -0.15) is 30.5 Å². The Kier molecular flexibility index (Phi) is 21.8. The first-order chi connectivity index (χ1) is 44.2. The number of nitriles is 2. The largest absolute Gasteiger partial charge is 0.463 e. The van der Waals surface area contributed by atoms with Crippen molar-refractivity contribution in [1.29, 1.82) is 10.5 Å². The van der Waals surface area contributed by atoms with Crippen molar-refractivity contribution < 1.29 is 27.9 Å². The maximum Gasteiger partial charge on any atom is 0.410 e. The average Bonchev–Trinajstić information content (AvgIpc) is 0.786. The first-order valence-corrected chi connectivity index (χ1v) is 39.0. The van der Waals surface area contributed by atoms with E-state index in [0.717, 1.165) is 105 Å². The highest BCUT2D eigenvalue weighted by Crippen LogP contribution is 2.40. The van der Waals surface area contributed by atoms with Crippen LogP contribution < -0.4 is 29.1 Å². The summed E-state index contributed by atoms with van der Waals surface area (Å²) >= 11 is 0. The second kappa shape index (κ2) is 29.9. The molecule has 0 N–H and O–H groups in total. The Morgan fingerprint density at radius 2 is 1.04 bits per heavy atom. The number of piperazine rings is 1. The summed E-state index contributed by atoms with van der Waals surface area (Å²) in [6, 6.07) is 44.8. The van der Waals surface area contributed by atoms with E-state index in [1.54, 1.807) is 4.90 Å². The number of benzene rings is 5. The average molecular weight is 1280 g/mol. The molecule has 19 heteroatoms. The lowest BCUT2D eigenvalue weighted by molar-refractivity contribution is 0.0767. The Balaban J connectivity index is 0.000000206. The van der Waals surface area contributed by atoms with E-state index in [1.165, 1.54) is 38.5 Å². The number of hydrogen-bond donors (Lipinski definition) is 0. The molecule has 486 valence electrons. The Hall–Kier alpha value is -7.82. The van der Waals surface area contributed by atoms with Gasteiger partial charge < -0.3 is 47.6 Å². The molecule has 1 amide bonds. The van der Waals surface area contributed by atoms with E-state index >= 15 is 0 Å². The number of nitrogens with zero attached hydrogens (tertiary/aromatic N) is 11. The summed E-state index contributed by atoms with van der Waals surface area (Å²) < 4.78 is 30.9. The summed E-state index contributed by atoms with van der Waals surface area (Å²) in [6.07, 6.45) is 5.74. The molecule has 0 saturated carbocycles. The Morgan fingerprint density at radius 3 is 1.55 bits per heavy atom. The third-order valence-electron chi connectivity index (χ3n) is 19.6. The molecule has 2 fully saturated rings. The number of carbonyl (C=O) groups excluding carboxylic acids is 1. The van der Waals surface area contributed by atoms with E-state index in [1.807, 2.05) is 30.3 Å². The second-order valence-corrected chi connectivity index (χ2v) is 37.6. The molecule has 4 aliphatic heterocycles. The van der Waals surface area contributed by atoms with Gasteiger partial charge in [0.1, 0.15) is 18.2 Å². The molecule has 0 aliphatic carbocycles. The topological polar surface area (TPSA) is 179 Å². The van der Waals surface area contributed by atoms with Gasteiger partial charge in [0.15, 0.2) is 16.6 Å². The number of rotatable bonds is 20. The lowest BCUT2D eigenvalue weighted by Crippen LogP contribution is -2.55. The van der Waals surface area contributed by atoms with Crippen LogP contribution in [0.25, 0.3) is 21.5 Å². The van der Waals surface area contributed by atoms with Crippen LogP contribution in [0.15, 0.2) is 115 Å². The van der Waals surface area contributed by atoms with Crippen LogP contribution in [0.1, 0.15) is 108 Å². The molecule has 5 aromatic carbocycles. The quantitative estimate of drug-likeness (QED) is 0.0519. The SMILES string of the molecule is CC(C)(C)[Si](C)(C)OCCCOc1nc2c(c(N3CCCC(CC#N)C3)n1)CCN(c1cccc3ccccc13)C2.CC(C)(C)[Si](C)(C)OCCCOc1nc2c(c(N3CCN(C(=O)OCc4ccccc4)C(CC#N)C3)n1)CCN(c1cccc3ccccc13)C2. The van der Waals surface area contributed by atoms with Crippen molar-refractivity contribution in [3.8, 4) is 24.2 Å². The number of fused-ring (bicyclic) bond motifs is 4. The summed E-state index contributed by atoms with van der Waals surface area (Å²) in [6.45, 7) is 31.4. The zero-order valence-corrected chi connectivity index (χ0v) is 58.0. The fourth-order valence-corrected chi connectivity index (χ4v) is 14.4. The van der Waals surface area contributed by atoms with Crippen LogP contribution in [0.4, 0.5) is 27.8 Å². The minimum Gasteiger partial charge on any atom is -0.463 e. The first kappa shape index (κ1) is 67.1.